The summed E-state index contributed by atoms with van der Waals surface area (Å²) in [5.74, 6) is -0.272. The lowest BCUT2D eigenvalue weighted by atomic mass is 9.88. The fourth-order valence-electron chi connectivity index (χ4n) is 2.11. The average Bonchev–Trinajstić information content (AvgIpc) is 2.26. The molecule has 1 saturated carbocycles. The largest absolute Gasteiger partial charge is 0.381 e. The number of aliphatic hydroxyl groups is 1. The lowest BCUT2D eigenvalue weighted by molar-refractivity contribution is -0.136. The molecule has 0 radical (unpaired) electrons. The van der Waals surface area contributed by atoms with Crippen LogP contribution in [-0.4, -0.2) is 34.2 Å². The molecule has 4 heteroatoms. The van der Waals surface area contributed by atoms with Gasteiger partial charge in [0.15, 0.2) is 0 Å². The fraction of sp³-hybridized carbons (Fsp3) is 0.917. The Morgan fingerprint density at radius 2 is 1.94 bits per heavy atom. The van der Waals surface area contributed by atoms with E-state index >= 15 is 0 Å². The molecule has 1 aliphatic rings. The summed E-state index contributed by atoms with van der Waals surface area (Å²) in [5, 5.41) is 12.4. The molecule has 16 heavy (non-hydrogen) atoms. The number of hydrogen-bond donors (Lipinski definition) is 2. The van der Waals surface area contributed by atoms with Gasteiger partial charge < -0.3 is 10.4 Å². The van der Waals surface area contributed by atoms with E-state index in [0.29, 0.717) is 6.54 Å². The van der Waals surface area contributed by atoms with Crippen LogP contribution in [0.25, 0.3) is 0 Å². The Hall–Kier alpha value is -0.220. The molecule has 2 N–H and O–H groups in total. The summed E-state index contributed by atoms with van der Waals surface area (Å²) in [4.78, 5) is 11.6. The Labute approximate surface area is 102 Å². The first kappa shape index (κ1) is 13.8. The number of nitrogens with one attached hydrogen (secondary N) is 1. The van der Waals surface area contributed by atoms with Crippen molar-refractivity contribution in [2.75, 3.05) is 12.8 Å². The van der Waals surface area contributed by atoms with Crippen molar-refractivity contribution >= 4 is 17.7 Å². The van der Waals surface area contributed by atoms with Crippen molar-refractivity contribution in [1.82, 2.24) is 5.32 Å². The number of carbonyl (C=O) groups excluding carboxylic acids is 1. The Morgan fingerprint density at radius 1 is 1.38 bits per heavy atom. The van der Waals surface area contributed by atoms with Gasteiger partial charge in [-0.1, -0.05) is 19.3 Å². The van der Waals surface area contributed by atoms with Crippen LogP contribution in [0.1, 0.15) is 46.0 Å². The number of thioether (sulfide) groups is 1. The second kappa shape index (κ2) is 5.41. The van der Waals surface area contributed by atoms with Crippen LogP contribution >= 0.6 is 11.8 Å². The number of carbonyl (C=O) groups is 1. The predicted molar refractivity (Wildman–Crippen MR) is 68.6 cm³/mol. The van der Waals surface area contributed by atoms with Gasteiger partial charge in [0.2, 0.25) is 0 Å². The van der Waals surface area contributed by atoms with Crippen molar-refractivity contribution in [3.63, 3.8) is 0 Å². The van der Waals surface area contributed by atoms with Crippen molar-refractivity contribution in [3.8, 4) is 0 Å². The second-order valence-corrected chi connectivity index (χ2v) is 6.46. The molecule has 0 aromatic rings. The first-order valence-electron chi connectivity index (χ1n) is 5.95. The Kier molecular flexibility index (Phi) is 4.68. The molecular weight excluding hydrogens is 222 g/mol. The van der Waals surface area contributed by atoms with Crippen LogP contribution in [0.2, 0.25) is 0 Å². The van der Waals surface area contributed by atoms with E-state index < -0.39 is 5.60 Å². The number of amides is 1. The van der Waals surface area contributed by atoms with Gasteiger partial charge in [-0.05, 0) is 32.9 Å². The molecular formula is C12H23NO2S. The molecule has 0 unspecified atom stereocenters. The smallest absolute Gasteiger partial charge is 0.251 e. The lowest BCUT2D eigenvalue weighted by Gasteiger charge is -2.36. The Balaban J connectivity index is 2.48. The van der Waals surface area contributed by atoms with Gasteiger partial charge >= 0.3 is 0 Å². The summed E-state index contributed by atoms with van der Waals surface area (Å²) in [6, 6.07) is 0. The van der Waals surface area contributed by atoms with Crippen LogP contribution < -0.4 is 5.32 Å². The summed E-state index contributed by atoms with van der Waals surface area (Å²) in [6.45, 7) is 3.72. The van der Waals surface area contributed by atoms with Gasteiger partial charge in [-0.25, -0.2) is 0 Å². The molecule has 0 bridgehead atoms. The highest BCUT2D eigenvalue weighted by molar-refractivity contribution is 8.00. The first-order valence-corrected chi connectivity index (χ1v) is 7.18. The van der Waals surface area contributed by atoms with E-state index in [9.17, 15) is 9.90 Å². The van der Waals surface area contributed by atoms with Gasteiger partial charge in [-0.2, -0.15) is 11.8 Å². The van der Waals surface area contributed by atoms with Crippen molar-refractivity contribution in [3.05, 3.63) is 0 Å². The van der Waals surface area contributed by atoms with E-state index in [1.54, 1.807) is 0 Å². The molecule has 1 aliphatic carbocycles. The van der Waals surface area contributed by atoms with Gasteiger partial charge in [0.05, 0.1) is 0 Å². The molecule has 1 amide bonds. The summed E-state index contributed by atoms with van der Waals surface area (Å²) >= 11 is 1.85. The molecule has 1 rings (SSSR count). The van der Waals surface area contributed by atoms with E-state index in [-0.39, 0.29) is 10.7 Å². The van der Waals surface area contributed by atoms with Crippen LogP contribution in [0.3, 0.4) is 0 Å². The highest BCUT2D eigenvalue weighted by Gasteiger charge is 2.33. The molecule has 94 valence electrons. The monoisotopic (exact) mass is 245 g/mol. The Morgan fingerprint density at radius 3 is 2.38 bits per heavy atom. The second-order valence-electron chi connectivity index (χ2n) is 5.19. The predicted octanol–water partition coefficient (Wildman–Crippen LogP) is 1.94. The van der Waals surface area contributed by atoms with E-state index in [1.165, 1.54) is 46.0 Å². The minimum Gasteiger partial charge on any atom is -0.381 e. The molecule has 3 nitrogen and oxygen atoms in total. The summed E-state index contributed by atoms with van der Waals surface area (Å²) in [5.41, 5.74) is -1.27. The summed E-state index contributed by atoms with van der Waals surface area (Å²) in [7, 11) is 0. The quantitative estimate of drug-likeness (QED) is 0.796. The zero-order valence-corrected chi connectivity index (χ0v) is 11.3. The van der Waals surface area contributed by atoms with Crippen LogP contribution in [0.15, 0.2) is 0 Å². The molecule has 1 fully saturated rings. The third-order valence-electron chi connectivity index (χ3n) is 3.32. The average molecular weight is 245 g/mol. The van der Waals surface area contributed by atoms with Gasteiger partial charge in [-0.3, -0.25) is 4.79 Å². The minimum absolute atomic E-state index is 0.194. The number of hydrogen-bond acceptors (Lipinski definition) is 3. The summed E-state index contributed by atoms with van der Waals surface area (Å²) < 4.78 is 0.194. The highest BCUT2D eigenvalue weighted by atomic mass is 32.2. The SMILES string of the molecule is CSC1(CNC(=O)C(C)(C)O)CCCCC1. The maximum atomic E-state index is 11.6. The van der Waals surface area contributed by atoms with Crippen molar-refractivity contribution in [2.24, 2.45) is 0 Å². The van der Waals surface area contributed by atoms with Crippen molar-refractivity contribution < 1.29 is 9.90 Å². The molecule has 0 atom stereocenters. The first-order chi connectivity index (χ1) is 7.40. The zero-order chi connectivity index (χ0) is 12.2. The molecule has 0 aromatic heterocycles. The van der Waals surface area contributed by atoms with Crippen molar-refractivity contribution in [1.29, 1.82) is 0 Å². The van der Waals surface area contributed by atoms with E-state index in [4.69, 9.17) is 0 Å². The fourth-order valence-corrected chi connectivity index (χ4v) is 3.02. The minimum atomic E-state index is -1.27. The third-order valence-corrected chi connectivity index (χ3v) is 4.74. The third kappa shape index (κ3) is 3.67. The van der Waals surface area contributed by atoms with Gasteiger partial charge in [0, 0.05) is 11.3 Å². The van der Waals surface area contributed by atoms with Gasteiger partial charge in [0.25, 0.3) is 5.91 Å². The molecule has 0 heterocycles. The maximum Gasteiger partial charge on any atom is 0.251 e. The van der Waals surface area contributed by atoms with Crippen LogP contribution in [0.5, 0.6) is 0 Å². The molecule has 0 saturated heterocycles. The van der Waals surface area contributed by atoms with E-state index in [1.807, 2.05) is 11.8 Å². The maximum absolute atomic E-state index is 11.6. The van der Waals surface area contributed by atoms with Crippen LogP contribution in [0.4, 0.5) is 0 Å². The lowest BCUT2D eigenvalue weighted by Crippen LogP contribution is -2.48. The summed E-state index contributed by atoms with van der Waals surface area (Å²) in [6.07, 6.45) is 8.25. The Bertz CT molecular complexity index is 242. The number of rotatable bonds is 4. The molecule has 0 aromatic carbocycles. The topological polar surface area (TPSA) is 49.3 Å². The van der Waals surface area contributed by atoms with Crippen LogP contribution in [-0.2, 0) is 4.79 Å². The van der Waals surface area contributed by atoms with Gasteiger partial charge in [-0.15, -0.1) is 0 Å². The molecule has 0 spiro atoms. The van der Waals surface area contributed by atoms with Crippen LogP contribution in [0, 0.1) is 0 Å². The van der Waals surface area contributed by atoms with Crippen molar-refractivity contribution in [2.45, 2.75) is 56.3 Å². The zero-order valence-electron chi connectivity index (χ0n) is 10.5. The van der Waals surface area contributed by atoms with Gasteiger partial charge in [0.1, 0.15) is 5.60 Å². The normalized spacial score (nSPS) is 20.5. The molecule has 0 aliphatic heterocycles. The standard InChI is InChI=1S/C12H23NO2S/c1-11(2,15)10(14)13-9-12(16-3)7-5-4-6-8-12/h15H,4-9H2,1-3H3,(H,13,14). The highest BCUT2D eigenvalue weighted by Crippen LogP contribution is 2.37. The van der Waals surface area contributed by atoms with E-state index in [0.717, 1.165) is 0 Å². The van der Waals surface area contributed by atoms with E-state index in [2.05, 4.69) is 11.6 Å².